The average molecular weight is 306 g/mol. The van der Waals surface area contributed by atoms with Gasteiger partial charge in [0.25, 0.3) is 0 Å². The monoisotopic (exact) mass is 306 g/mol. The van der Waals surface area contributed by atoms with E-state index in [1.165, 1.54) is 12.1 Å². The number of furan rings is 1. The summed E-state index contributed by atoms with van der Waals surface area (Å²) in [7, 11) is 0. The number of nitrogens with two attached hydrogens (primary N) is 1. The van der Waals surface area contributed by atoms with Gasteiger partial charge < -0.3 is 20.0 Å². The van der Waals surface area contributed by atoms with Gasteiger partial charge in [0, 0.05) is 12.5 Å². The third-order valence-electron chi connectivity index (χ3n) is 2.89. The van der Waals surface area contributed by atoms with Crippen molar-refractivity contribution in [3.05, 3.63) is 58.0 Å². The van der Waals surface area contributed by atoms with Gasteiger partial charge in [0.15, 0.2) is 5.75 Å². The van der Waals surface area contributed by atoms with Gasteiger partial charge in [-0.15, -0.1) is 0 Å². The summed E-state index contributed by atoms with van der Waals surface area (Å²) < 4.78 is 10.8. The highest BCUT2D eigenvalue weighted by molar-refractivity contribution is 5.73. The summed E-state index contributed by atoms with van der Waals surface area (Å²) in [5.41, 5.74) is 5.27. The van der Waals surface area contributed by atoms with Gasteiger partial charge in [-0.25, -0.2) is 0 Å². The molecule has 2 rings (SSSR count). The zero-order chi connectivity index (χ0) is 16.1. The Labute approximate surface area is 125 Å². The van der Waals surface area contributed by atoms with Gasteiger partial charge >= 0.3 is 11.7 Å². The standard InChI is InChI=1S/C14H14N2O6/c15-11(14(17)18)7-9-5-6-10(22-9)8-21-13-4-2-1-3-12(13)16(19)20/h1-6,11H,7-8,15H2,(H,17,18). The molecule has 1 aromatic heterocycles. The van der Waals surface area contributed by atoms with Crippen molar-refractivity contribution < 1.29 is 24.0 Å². The molecule has 0 aliphatic heterocycles. The Morgan fingerprint density at radius 1 is 1.32 bits per heavy atom. The number of carbonyl (C=O) groups is 1. The van der Waals surface area contributed by atoms with Crippen LogP contribution in [-0.4, -0.2) is 22.0 Å². The van der Waals surface area contributed by atoms with E-state index < -0.39 is 16.9 Å². The Morgan fingerprint density at radius 2 is 2.00 bits per heavy atom. The van der Waals surface area contributed by atoms with Crippen LogP contribution in [0.15, 0.2) is 40.8 Å². The molecule has 0 fully saturated rings. The molecule has 0 amide bonds. The molecule has 0 aliphatic rings. The Bertz CT molecular complexity index is 681. The Hall–Kier alpha value is -2.87. The highest BCUT2D eigenvalue weighted by Crippen LogP contribution is 2.26. The topological polar surface area (TPSA) is 129 Å². The maximum Gasteiger partial charge on any atom is 0.320 e. The fourth-order valence-corrected chi connectivity index (χ4v) is 1.79. The third kappa shape index (κ3) is 3.83. The first-order valence-electron chi connectivity index (χ1n) is 6.39. The van der Waals surface area contributed by atoms with Gasteiger partial charge in [0.2, 0.25) is 0 Å². The molecule has 22 heavy (non-hydrogen) atoms. The molecule has 0 saturated carbocycles. The van der Waals surface area contributed by atoms with Crippen molar-refractivity contribution >= 4 is 11.7 Å². The van der Waals surface area contributed by atoms with Gasteiger partial charge in [-0.05, 0) is 18.2 Å². The first-order chi connectivity index (χ1) is 10.5. The zero-order valence-corrected chi connectivity index (χ0v) is 11.5. The third-order valence-corrected chi connectivity index (χ3v) is 2.89. The molecule has 116 valence electrons. The summed E-state index contributed by atoms with van der Waals surface area (Å²) in [6.07, 6.45) is 0.0564. The zero-order valence-electron chi connectivity index (χ0n) is 11.5. The first-order valence-corrected chi connectivity index (χ1v) is 6.39. The number of carboxylic acid groups (broad SMARTS) is 1. The van der Waals surface area contributed by atoms with Crippen LogP contribution in [0.1, 0.15) is 11.5 Å². The number of rotatable bonds is 7. The fraction of sp³-hybridized carbons (Fsp3) is 0.214. The molecule has 0 aliphatic carbocycles. The van der Waals surface area contributed by atoms with E-state index in [1.807, 2.05) is 0 Å². The van der Waals surface area contributed by atoms with E-state index in [-0.39, 0.29) is 24.5 Å². The van der Waals surface area contributed by atoms with Crippen molar-refractivity contribution in [2.24, 2.45) is 5.73 Å². The SMILES string of the molecule is NC(Cc1ccc(COc2ccccc2[N+](=O)[O-])o1)C(=O)O. The number of hydrogen-bond donors (Lipinski definition) is 2. The van der Waals surface area contributed by atoms with Gasteiger partial charge in [-0.2, -0.15) is 0 Å². The molecule has 0 saturated heterocycles. The number of nitro benzene ring substituents is 1. The van der Waals surface area contributed by atoms with Crippen molar-refractivity contribution in [1.29, 1.82) is 0 Å². The number of nitro groups is 1. The molecule has 8 nitrogen and oxygen atoms in total. The smallest absolute Gasteiger partial charge is 0.320 e. The second-order valence-electron chi connectivity index (χ2n) is 4.53. The average Bonchev–Trinajstić information content (AvgIpc) is 2.92. The van der Waals surface area contributed by atoms with Crippen LogP contribution in [0.5, 0.6) is 5.75 Å². The van der Waals surface area contributed by atoms with Gasteiger partial charge in [0.1, 0.15) is 24.2 Å². The lowest BCUT2D eigenvalue weighted by Crippen LogP contribution is -2.32. The van der Waals surface area contributed by atoms with E-state index in [0.29, 0.717) is 11.5 Å². The van der Waals surface area contributed by atoms with Crippen LogP contribution in [0.3, 0.4) is 0 Å². The van der Waals surface area contributed by atoms with E-state index in [9.17, 15) is 14.9 Å². The Balaban J connectivity index is 2.00. The molecular formula is C14H14N2O6. The Morgan fingerprint density at radius 3 is 2.68 bits per heavy atom. The maximum absolute atomic E-state index is 10.9. The minimum absolute atomic E-state index is 0.00678. The molecule has 0 radical (unpaired) electrons. The summed E-state index contributed by atoms with van der Waals surface area (Å²) in [5, 5.41) is 19.6. The summed E-state index contributed by atoms with van der Waals surface area (Å²) in [4.78, 5) is 21.0. The number of ether oxygens (including phenoxy) is 1. The van der Waals surface area contributed by atoms with Crippen molar-refractivity contribution in [3.63, 3.8) is 0 Å². The van der Waals surface area contributed by atoms with Crippen LogP contribution in [0.2, 0.25) is 0 Å². The summed E-state index contributed by atoms with van der Waals surface area (Å²) in [6.45, 7) is -0.00678. The first kappa shape index (κ1) is 15.5. The highest BCUT2D eigenvalue weighted by atomic mass is 16.6. The molecule has 3 N–H and O–H groups in total. The number of carboxylic acids is 1. The van der Waals surface area contributed by atoms with E-state index in [2.05, 4.69) is 0 Å². The summed E-state index contributed by atoms with van der Waals surface area (Å²) in [5.74, 6) is -0.149. The number of nitrogens with zero attached hydrogens (tertiary/aromatic N) is 1. The van der Waals surface area contributed by atoms with Crippen molar-refractivity contribution in [2.45, 2.75) is 19.1 Å². The second kappa shape index (κ2) is 6.72. The van der Waals surface area contributed by atoms with Gasteiger partial charge in [-0.1, -0.05) is 12.1 Å². The fourth-order valence-electron chi connectivity index (χ4n) is 1.79. The number of aliphatic carboxylic acids is 1. The molecule has 1 atom stereocenters. The molecule has 8 heteroatoms. The van der Waals surface area contributed by atoms with Gasteiger partial charge in [-0.3, -0.25) is 14.9 Å². The molecule has 0 spiro atoms. The molecule has 1 unspecified atom stereocenters. The van der Waals surface area contributed by atoms with E-state index in [0.717, 1.165) is 0 Å². The quantitative estimate of drug-likeness (QED) is 0.588. The van der Waals surface area contributed by atoms with E-state index >= 15 is 0 Å². The lowest BCUT2D eigenvalue weighted by atomic mass is 10.2. The molecule has 2 aromatic rings. The molecule has 0 bridgehead atoms. The molecular weight excluding hydrogens is 292 g/mol. The minimum Gasteiger partial charge on any atom is -0.480 e. The van der Waals surface area contributed by atoms with E-state index in [4.69, 9.17) is 20.0 Å². The number of para-hydroxylation sites is 2. The van der Waals surface area contributed by atoms with Crippen LogP contribution in [0.25, 0.3) is 0 Å². The highest BCUT2D eigenvalue weighted by Gasteiger charge is 2.16. The normalized spacial score (nSPS) is 11.9. The van der Waals surface area contributed by atoms with Gasteiger partial charge in [0.05, 0.1) is 4.92 Å². The van der Waals surface area contributed by atoms with Crippen LogP contribution in [-0.2, 0) is 17.8 Å². The summed E-state index contributed by atoms with van der Waals surface area (Å²) in [6, 6.07) is 8.16. The second-order valence-corrected chi connectivity index (χ2v) is 4.53. The predicted octanol–water partition coefficient (Wildman–Crippen LogP) is 1.72. The predicted molar refractivity (Wildman–Crippen MR) is 75.5 cm³/mol. The number of benzene rings is 1. The minimum atomic E-state index is -1.12. The lowest BCUT2D eigenvalue weighted by molar-refractivity contribution is -0.386. The molecule has 1 aromatic carbocycles. The molecule has 1 heterocycles. The van der Waals surface area contributed by atoms with Crippen LogP contribution in [0.4, 0.5) is 5.69 Å². The van der Waals surface area contributed by atoms with Crippen LogP contribution < -0.4 is 10.5 Å². The van der Waals surface area contributed by atoms with Crippen molar-refractivity contribution in [2.75, 3.05) is 0 Å². The largest absolute Gasteiger partial charge is 0.480 e. The van der Waals surface area contributed by atoms with Crippen LogP contribution in [0, 0.1) is 10.1 Å². The van der Waals surface area contributed by atoms with Crippen molar-refractivity contribution in [1.82, 2.24) is 0 Å². The Kier molecular flexibility index (Phi) is 4.74. The van der Waals surface area contributed by atoms with Crippen LogP contribution >= 0.6 is 0 Å². The summed E-state index contributed by atoms with van der Waals surface area (Å²) >= 11 is 0. The van der Waals surface area contributed by atoms with Crippen molar-refractivity contribution in [3.8, 4) is 5.75 Å². The lowest BCUT2D eigenvalue weighted by Gasteiger charge is -2.05. The van der Waals surface area contributed by atoms with E-state index in [1.54, 1.807) is 24.3 Å². The maximum atomic E-state index is 10.9. The number of hydrogen-bond acceptors (Lipinski definition) is 6.